The largest absolute Gasteiger partial charge is 0.481 e. The first-order valence-corrected chi connectivity index (χ1v) is 6.63. The van der Waals surface area contributed by atoms with E-state index in [9.17, 15) is 4.79 Å². The molecule has 0 aromatic carbocycles. The Morgan fingerprint density at radius 2 is 2.12 bits per heavy atom. The van der Waals surface area contributed by atoms with E-state index >= 15 is 0 Å². The highest BCUT2D eigenvalue weighted by Crippen LogP contribution is 2.62. The van der Waals surface area contributed by atoms with Crippen LogP contribution in [0.15, 0.2) is 0 Å². The molecular weight excluding hydrogens is 200 g/mol. The molecule has 3 aliphatic carbocycles. The van der Waals surface area contributed by atoms with Crippen molar-refractivity contribution in [2.24, 2.45) is 29.1 Å². The third-order valence-electron chi connectivity index (χ3n) is 5.23. The number of fused-ring (bicyclic) bond motifs is 2. The lowest BCUT2D eigenvalue weighted by molar-refractivity contribution is -0.139. The van der Waals surface area contributed by atoms with E-state index in [1.54, 1.807) is 0 Å². The molecule has 0 spiro atoms. The molecule has 2 nitrogen and oxygen atoms in total. The smallest absolute Gasteiger partial charge is 0.303 e. The third-order valence-corrected chi connectivity index (χ3v) is 5.23. The lowest BCUT2D eigenvalue weighted by Crippen LogP contribution is -2.52. The highest BCUT2D eigenvalue weighted by atomic mass is 16.4. The van der Waals surface area contributed by atoms with Crippen molar-refractivity contribution in [3.05, 3.63) is 0 Å². The van der Waals surface area contributed by atoms with Gasteiger partial charge in [-0.25, -0.2) is 0 Å². The molecule has 0 saturated heterocycles. The number of rotatable bonds is 4. The topological polar surface area (TPSA) is 37.3 Å². The maximum absolute atomic E-state index is 10.7. The van der Waals surface area contributed by atoms with Crippen LogP contribution < -0.4 is 0 Å². The number of carboxylic acid groups (broad SMARTS) is 1. The molecule has 92 valence electrons. The van der Waals surface area contributed by atoms with Crippen molar-refractivity contribution in [3.8, 4) is 0 Å². The van der Waals surface area contributed by atoms with Crippen LogP contribution in [0.3, 0.4) is 0 Å². The third kappa shape index (κ3) is 1.99. The first-order chi connectivity index (χ1) is 7.41. The van der Waals surface area contributed by atoms with Crippen molar-refractivity contribution in [1.82, 2.24) is 0 Å². The summed E-state index contributed by atoms with van der Waals surface area (Å²) in [5.41, 5.74) is 0.534. The molecule has 0 heterocycles. The summed E-state index contributed by atoms with van der Waals surface area (Å²) in [4.78, 5) is 10.7. The van der Waals surface area contributed by atoms with Gasteiger partial charge >= 0.3 is 5.97 Å². The van der Waals surface area contributed by atoms with Gasteiger partial charge in [0.2, 0.25) is 0 Å². The molecule has 0 aromatic rings. The Bertz CT molecular complexity index is 280. The van der Waals surface area contributed by atoms with E-state index in [0.717, 1.165) is 24.2 Å². The van der Waals surface area contributed by atoms with Crippen LogP contribution in [0, 0.1) is 29.1 Å². The van der Waals surface area contributed by atoms with Gasteiger partial charge in [0.1, 0.15) is 0 Å². The Morgan fingerprint density at radius 3 is 2.62 bits per heavy atom. The fourth-order valence-corrected chi connectivity index (χ4v) is 4.14. The van der Waals surface area contributed by atoms with Crippen LogP contribution in [-0.4, -0.2) is 11.1 Å². The van der Waals surface area contributed by atoms with Crippen LogP contribution in [0.4, 0.5) is 0 Å². The lowest BCUT2D eigenvalue weighted by atomic mass is 9.45. The summed E-state index contributed by atoms with van der Waals surface area (Å²) in [6.45, 7) is 6.89. The SMILES string of the molecule is CC(CC(=O)O)C[C@H]1CC[C@@H]2CC1C2(C)C. The van der Waals surface area contributed by atoms with Gasteiger partial charge in [-0.15, -0.1) is 0 Å². The molecule has 1 N–H and O–H groups in total. The summed E-state index contributed by atoms with van der Waals surface area (Å²) >= 11 is 0. The van der Waals surface area contributed by atoms with E-state index in [1.165, 1.54) is 19.3 Å². The van der Waals surface area contributed by atoms with Crippen LogP contribution >= 0.6 is 0 Å². The second kappa shape index (κ2) is 4.05. The molecule has 3 aliphatic rings. The van der Waals surface area contributed by atoms with Crippen molar-refractivity contribution < 1.29 is 9.90 Å². The molecule has 2 bridgehead atoms. The molecule has 2 unspecified atom stereocenters. The van der Waals surface area contributed by atoms with Gasteiger partial charge in [0, 0.05) is 6.42 Å². The predicted molar refractivity (Wildman–Crippen MR) is 64.1 cm³/mol. The first kappa shape index (κ1) is 11.9. The van der Waals surface area contributed by atoms with Crippen LogP contribution in [0.25, 0.3) is 0 Å². The van der Waals surface area contributed by atoms with Crippen molar-refractivity contribution in [1.29, 1.82) is 0 Å². The fourth-order valence-electron chi connectivity index (χ4n) is 4.14. The highest BCUT2D eigenvalue weighted by Gasteiger charge is 2.53. The molecule has 0 radical (unpaired) electrons. The number of hydrogen-bond acceptors (Lipinski definition) is 1. The normalized spacial score (nSPS) is 37.6. The lowest BCUT2D eigenvalue weighted by Gasteiger charge is -2.60. The quantitative estimate of drug-likeness (QED) is 0.792. The second-order valence-electron chi connectivity index (χ2n) is 6.64. The van der Waals surface area contributed by atoms with E-state index < -0.39 is 5.97 Å². The van der Waals surface area contributed by atoms with Gasteiger partial charge in [-0.3, -0.25) is 4.79 Å². The van der Waals surface area contributed by atoms with Gasteiger partial charge in [0.25, 0.3) is 0 Å². The van der Waals surface area contributed by atoms with E-state index in [4.69, 9.17) is 5.11 Å². The minimum absolute atomic E-state index is 0.340. The minimum Gasteiger partial charge on any atom is -0.481 e. The standard InChI is InChI=1S/C14H24O2/c1-9(7-13(15)16)6-10-4-5-11-8-12(10)14(11,2)3/h9-12H,4-8H2,1-3H3,(H,15,16)/t9?,10-,11-,12?/m1/s1. The Labute approximate surface area is 98.4 Å². The van der Waals surface area contributed by atoms with E-state index in [0.29, 0.717) is 17.8 Å². The van der Waals surface area contributed by atoms with Crippen LogP contribution in [0.5, 0.6) is 0 Å². The van der Waals surface area contributed by atoms with Crippen molar-refractivity contribution in [2.45, 2.75) is 52.9 Å². The maximum Gasteiger partial charge on any atom is 0.303 e. The molecule has 3 rings (SSSR count). The van der Waals surface area contributed by atoms with Gasteiger partial charge in [-0.1, -0.05) is 20.8 Å². The van der Waals surface area contributed by atoms with Crippen molar-refractivity contribution in [2.75, 3.05) is 0 Å². The number of carbonyl (C=O) groups is 1. The summed E-state index contributed by atoms with van der Waals surface area (Å²) in [5, 5.41) is 8.79. The minimum atomic E-state index is -0.644. The summed E-state index contributed by atoms with van der Waals surface area (Å²) in [7, 11) is 0. The van der Waals surface area contributed by atoms with E-state index in [1.807, 2.05) is 0 Å². The fraction of sp³-hybridized carbons (Fsp3) is 0.929. The van der Waals surface area contributed by atoms with Crippen molar-refractivity contribution in [3.63, 3.8) is 0 Å². The monoisotopic (exact) mass is 224 g/mol. The first-order valence-electron chi connectivity index (χ1n) is 6.63. The molecule has 2 heteroatoms. The van der Waals surface area contributed by atoms with Crippen molar-refractivity contribution >= 4 is 5.97 Å². The molecular formula is C14H24O2. The predicted octanol–water partition coefficient (Wildman–Crippen LogP) is 3.56. The zero-order valence-electron chi connectivity index (χ0n) is 10.7. The zero-order valence-corrected chi connectivity index (χ0v) is 10.7. The van der Waals surface area contributed by atoms with Gasteiger partial charge < -0.3 is 5.11 Å². The number of hydrogen-bond donors (Lipinski definition) is 1. The molecule has 0 aliphatic heterocycles. The highest BCUT2D eigenvalue weighted by molar-refractivity contribution is 5.66. The second-order valence-corrected chi connectivity index (χ2v) is 6.64. The molecule has 16 heavy (non-hydrogen) atoms. The Kier molecular flexibility index (Phi) is 3.02. The molecule has 3 saturated carbocycles. The van der Waals surface area contributed by atoms with Gasteiger partial charge in [0.05, 0.1) is 0 Å². The average Bonchev–Trinajstić information content (AvgIpc) is 2.15. The average molecular weight is 224 g/mol. The zero-order chi connectivity index (χ0) is 11.9. The molecule has 4 atom stereocenters. The Morgan fingerprint density at radius 1 is 1.44 bits per heavy atom. The maximum atomic E-state index is 10.7. The molecule has 3 fully saturated rings. The number of aliphatic carboxylic acids is 1. The molecule has 0 aromatic heterocycles. The summed E-state index contributed by atoms with van der Waals surface area (Å²) in [6, 6.07) is 0. The van der Waals surface area contributed by atoms with E-state index in [2.05, 4.69) is 20.8 Å². The Balaban J connectivity index is 1.88. The van der Waals surface area contributed by atoms with Crippen LogP contribution in [-0.2, 0) is 4.79 Å². The summed E-state index contributed by atoms with van der Waals surface area (Å²) < 4.78 is 0. The summed E-state index contributed by atoms with van der Waals surface area (Å²) in [5.74, 6) is 2.30. The number of carboxylic acids is 1. The van der Waals surface area contributed by atoms with E-state index in [-0.39, 0.29) is 0 Å². The van der Waals surface area contributed by atoms with Gasteiger partial charge in [0.15, 0.2) is 0 Å². The van der Waals surface area contributed by atoms with Crippen LogP contribution in [0.2, 0.25) is 0 Å². The Hall–Kier alpha value is -0.530. The van der Waals surface area contributed by atoms with Gasteiger partial charge in [-0.2, -0.15) is 0 Å². The van der Waals surface area contributed by atoms with Crippen LogP contribution in [0.1, 0.15) is 52.9 Å². The molecule has 0 amide bonds. The van der Waals surface area contributed by atoms with Gasteiger partial charge in [-0.05, 0) is 54.8 Å². The summed E-state index contributed by atoms with van der Waals surface area (Å²) in [6.07, 6.45) is 5.56.